The van der Waals surface area contributed by atoms with Crippen LogP contribution in [0, 0.1) is 24.4 Å². The van der Waals surface area contributed by atoms with Crippen molar-refractivity contribution in [2.45, 2.75) is 19.4 Å². The van der Waals surface area contributed by atoms with Gasteiger partial charge < -0.3 is 0 Å². The molecule has 2 aromatic carbocycles. The van der Waals surface area contributed by atoms with E-state index in [0.29, 0.717) is 6.42 Å². The zero-order chi connectivity index (χ0) is 14.7. The highest BCUT2D eigenvalue weighted by Gasteiger charge is 2.18. The van der Waals surface area contributed by atoms with E-state index in [1.54, 1.807) is 13.0 Å². The van der Waals surface area contributed by atoms with E-state index in [-0.39, 0.29) is 11.4 Å². The number of nitrogens with two attached hydrogens (primary N) is 1. The number of hydrazine groups is 1. The molecule has 1 atom stereocenters. The number of nitrogens with one attached hydrogen (secondary N) is 1. The summed E-state index contributed by atoms with van der Waals surface area (Å²) in [6.45, 7) is 1.76. The van der Waals surface area contributed by atoms with Crippen molar-refractivity contribution in [1.82, 2.24) is 5.43 Å². The van der Waals surface area contributed by atoms with Crippen LogP contribution < -0.4 is 11.3 Å². The summed E-state index contributed by atoms with van der Waals surface area (Å²) < 4.78 is 40.1. The highest BCUT2D eigenvalue weighted by molar-refractivity contribution is 5.30. The summed E-state index contributed by atoms with van der Waals surface area (Å²) in [7, 11) is 0. The molecule has 0 aliphatic carbocycles. The Kier molecular flexibility index (Phi) is 4.42. The molecule has 0 aliphatic heterocycles. The molecule has 0 saturated carbocycles. The van der Waals surface area contributed by atoms with Gasteiger partial charge in [0.25, 0.3) is 0 Å². The summed E-state index contributed by atoms with van der Waals surface area (Å²) in [4.78, 5) is 0. The second kappa shape index (κ2) is 6.07. The largest absolute Gasteiger partial charge is 0.271 e. The summed E-state index contributed by atoms with van der Waals surface area (Å²) in [5.74, 6) is 3.27. The lowest BCUT2D eigenvalue weighted by Gasteiger charge is -2.18. The van der Waals surface area contributed by atoms with E-state index in [2.05, 4.69) is 5.43 Å². The number of aryl methyl sites for hydroxylation is 1. The molecule has 0 aromatic heterocycles. The van der Waals surface area contributed by atoms with Gasteiger partial charge in [0.2, 0.25) is 0 Å². The standard InChI is InChI=1S/C15H15F3N2/c1-9-7-11(16)6-5-10(9)8-14(20-19)12-3-2-4-13(17)15(12)18/h2-7,14,20H,8,19H2,1H3. The predicted octanol–water partition coefficient (Wildman–Crippen LogP) is 3.16. The third kappa shape index (κ3) is 3.00. The molecule has 0 spiro atoms. The van der Waals surface area contributed by atoms with Crippen molar-refractivity contribution in [3.05, 3.63) is 70.5 Å². The molecule has 3 N–H and O–H groups in total. The van der Waals surface area contributed by atoms with Crippen LogP contribution in [-0.4, -0.2) is 0 Å². The molecule has 20 heavy (non-hydrogen) atoms. The van der Waals surface area contributed by atoms with Crippen molar-refractivity contribution < 1.29 is 13.2 Å². The second-order valence-electron chi connectivity index (χ2n) is 4.64. The van der Waals surface area contributed by atoms with Gasteiger partial charge in [0.15, 0.2) is 11.6 Å². The fraction of sp³-hybridized carbons (Fsp3) is 0.200. The van der Waals surface area contributed by atoms with Gasteiger partial charge in [-0.2, -0.15) is 0 Å². The molecule has 1 unspecified atom stereocenters. The lowest BCUT2D eigenvalue weighted by Crippen LogP contribution is -2.30. The van der Waals surface area contributed by atoms with Crippen molar-refractivity contribution in [1.29, 1.82) is 0 Å². The first-order valence-electron chi connectivity index (χ1n) is 6.18. The summed E-state index contributed by atoms with van der Waals surface area (Å²) in [6.07, 6.45) is 0.336. The molecule has 5 heteroatoms. The molecule has 0 radical (unpaired) electrons. The monoisotopic (exact) mass is 280 g/mol. The van der Waals surface area contributed by atoms with Crippen LogP contribution in [0.1, 0.15) is 22.7 Å². The van der Waals surface area contributed by atoms with Crippen molar-refractivity contribution in [3.63, 3.8) is 0 Å². The summed E-state index contributed by atoms with van der Waals surface area (Å²) in [6, 6.07) is 7.71. The van der Waals surface area contributed by atoms with Crippen LogP contribution in [0.25, 0.3) is 0 Å². The maximum Gasteiger partial charge on any atom is 0.163 e. The molecule has 2 rings (SSSR count). The van der Waals surface area contributed by atoms with Gasteiger partial charge in [-0.15, -0.1) is 0 Å². The molecule has 2 aromatic rings. The van der Waals surface area contributed by atoms with Crippen molar-refractivity contribution in [2.75, 3.05) is 0 Å². The molecular weight excluding hydrogens is 265 g/mol. The average Bonchev–Trinajstić information content (AvgIpc) is 2.42. The first-order chi connectivity index (χ1) is 9.52. The van der Waals surface area contributed by atoms with Gasteiger partial charge in [-0.05, 0) is 42.7 Å². The van der Waals surface area contributed by atoms with Crippen LogP contribution >= 0.6 is 0 Å². The van der Waals surface area contributed by atoms with E-state index in [1.807, 2.05) is 0 Å². The van der Waals surface area contributed by atoms with Crippen LogP contribution in [0.2, 0.25) is 0 Å². The Morgan fingerprint density at radius 2 is 1.90 bits per heavy atom. The van der Waals surface area contributed by atoms with E-state index in [4.69, 9.17) is 5.84 Å². The fourth-order valence-corrected chi connectivity index (χ4v) is 2.16. The molecule has 0 heterocycles. The second-order valence-corrected chi connectivity index (χ2v) is 4.64. The highest BCUT2D eigenvalue weighted by Crippen LogP contribution is 2.24. The quantitative estimate of drug-likeness (QED) is 0.667. The lowest BCUT2D eigenvalue weighted by molar-refractivity contribution is 0.464. The zero-order valence-electron chi connectivity index (χ0n) is 11.0. The molecule has 0 amide bonds. The van der Waals surface area contributed by atoms with E-state index in [0.717, 1.165) is 17.2 Å². The summed E-state index contributed by atoms with van der Waals surface area (Å²) >= 11 is 0. The molecule has 0 saturated heterocycles. The maximum absolute atomic E-state index is 13.8. The number of hydrogen-bond acceptors (Lipinski definition) is 2. The summed E-state index contributed by atoms with van der Waals surface area (Å²) in [5.41, 5.74) is 4.18. The average molecular weight is 280 g/mol. The SMILES string of the molecule is Cc1cc(F)ccc1CC(NN)c1cccc(F)c1F. The number of halogens is 3. The Morgan fingerprint density at radius 3 is 2.55 bits per heavy atom. The maximum atomic E-state index is 13.8. The zero-order valence-corrected chi connectivity index (χ0v) is 11.0. The van der Waals surface area contributed by atoms with Crippen LogP contribution in [0.4, 0.5) is 13.2 Å². The van der Waals surface area contributed by atoms with Gasteiger partial charge >= 0.3 is 0 Å². The third-order valence-corrected chi connectivity index (χ3v) is 3.29. The van der Waals surface area contributed by atoms with E-state index >= 15 is 0 Å². The molecule has 2 nitrogen and oxygen atoms in total. The fourth-order valence-electron chi connectivity index (χ4n) is 2.16. The molecular formula is C15H15F3N2. The smallest absolute Gasteiger partial charge is 0.163 e. The van der Waals surface area contributed by atoms with Crippen molar-refractivity contribution in [3.8, 4) is 0 Å². The van der Waals surface area contributed by atoms with Crippen LogP contribution in [-0.2, 0) is 6.42 Å². The van der Waals surface area contributed by atoms with E-state index in [9.17, 15) is 13.2 Å². The first kappa shape index (κ1) is 14.6. The lowest BCUT2D eigenvalue weighted by atomic mass is 9.96. The van der Waals surface area contributed by atoms with Crippen LogP contribution in [0.3, 0.4) is 0 Å². The van der Waals surface area contributed by atoms with E-state index < -0.39 is 17.7 Å². The van der Waals surface area contributed by atoms with Crippen molar-refractivity contribution in [2.24, 2.45) is 5.84 Å². The van der Waals surface area contributed by atoms with Gasteiger partial charge in [-0.3, -0.25) is 11.3 Å². The van der Waals surface area contributed by atoms with Crippen molar-refractivity contribution >= 4 is 0 Å². The van der Waals surface area contributed by atoms with Gasteiger partial charge in [0.1, 0.15) is 5.82 Å². The minimum atomic E-state index is -0.921. The molecule has 106 valence electrons. The van der Waals surface area contributed by atoms with Gasteiger partial charge in [-0.25, -0.2) is 13.2 Å². The number of benzene rings is 2. The Balaban J connectivity index is 2.31. The molecule has 0 aliphatic rings. The minimum Gasteiger partial charge on any atom is -0.271 e. The topological polar surface area (TPSA) is 38.0 Å². The van der Waals surface area contributed by atoms with Crippen LogP contribution in [0.5, 0.6) is 0 Å². The third-order valence-electron chi connectivity index (χ3n) is 3.29. The molecule has 0 bridgehead atoms. The van der Waals surface area contributed by atoms with Gasteiger partial charge in [-0.1, -0.05) is 18.2 Å². The predicted molar refractivity (Wildman–Crippen MR) is 71.3 cm³/mol. The Bertz CT molecular complexity index is 614. The number of rotatable bonds is 4. The van der Waals surface area contributed by atoms with Crippen LogP contribution in [0.15, 0.2) is 36.4 Å². The van der Waals surface area contributed by atoms with E-state index in [1.165, 1.54) is 24.3 Å². The molecule has 0 fully saturated rings. The minimum absolute atomic E-state index is 0.149. The Hall–Kier alpha value is -1.85. The summed E-state index contributed by atoms with van der Waals surface area (Å²) in [5, 5.41) is 0. The Labute approximate surface area is 115 Å². The highest BCUT2D eigenvalue weighted by atomic mass is 19.2. The normalized spacial score (nSPS) is 12.4. The first-order valence-corrected chi connectivity index (χ1v) is 6.18. The number of hydrogen-bond donors (Lipinski definition) is 2. The van der Waals surface area contributed by atoms with Gasteiger partial charge in [0, 0.05) is 5.56 Å². The van der Waals surface area contributed by atoms with Gasteiger partial charge in [0.05, 0.1) is 6.04 Å². The Morgan fingerprint density at radius 1 is 1.15 bits per heavy atom.